The molecule has 1 aliphatic rings. The average Bonchev–Trinajstić information content (AvgIpc) is 2.06. The largest absolute Gasteiger partial charge is 0.386 e. The van der Waals surface area contributed by atoms with Crippen LogP contribution >= 0.6 is 0 Å². The molecule has 0 amide bonds. The number of nitrogens with one attached hydrogen (secondary N) is 1. The number of hydrogen-bond donors (Lipinski definition) is 2. The summed E-state index contributed by atoms with van der Waals surface area (Å²) in [5, 5.41) is 13.1. The van der Waals surface area contributed by atoms with E-state index in [-0.39, 0.29) is 0 Å². The van der Waals surface area contributed by atoms with E-state index in [0.29, 0.717) is 5.92 Å². The van der Waals surface area contributed by atoms with Crippen LogP contribution in [0.2, 0.25) is 0 Å². The number of aliphatic hydroxyl groups is 1. The Morgan fingerprint density at radius 3 is 2.91 bits per heavy atom. The highest BCUT2D eigenvalue weighted by molar-refractivity contribution is 4.98. The minimum absolute atomic E-state index is 0.341. The van der Waals surface area contributed by atoms with Crippen LogP contribution < -0.4 is 5.32 Å². The van der Waals surface area contributed by atoms with Gasteiger partial charge in [0, 0.05) is 12.5 Å². The summed E-state index contributed by atoms with van der Waals surface area (Å²) in [6.07, 6.45) is 3.91. The van der Waals surface area contributed by atoms with Gasteiger partial charge in [-0.1, -0.05) is 6.08 Å². The zero-order valence-electron chi connectivity index (χ0n) is 7.14. The lowest BCUT2D eigenvalue weighted by molar-refractivity contribution is 0.0346. The van der Waals surface area contributed by atoms with Gasteiger partial charge in [-0.2, -0.15) is 0 Å². The van der Waals surface area contributed by atoms with Crippen molar-refractivity contribution in [3.05, 3.63) is 12.7 Å². The van der Waals surface area contributed by atoms with Gasteiger partial charge in [-0.3, -0.25) is 0 Å². The molecule has 2 nitrogen and oxygen atoms in total. The first kappa shape index (κ1) is 8.75. The third-order valence-corrected chi connectivity index (χ3v) is 2.54. The smallest absolute Gasteiger partial charge is 0.0837 e. The molecule has 2 atom stereocenters. The first-order chi connectivity index (χ1) is 5.17. The first-order valence-corrected chi connectivity index (χ1v) is 4.23. The summed E-state index contributed by atoms with van der Waals surface area (Å²) in [5.41, 5.74) is -0.687. The molecule has 2 heteroatoms. The summed E-state index contributed by atoms with van der Waals surface area (Å²) in [4.78, 5) is 0. The summed E-state index contributed by atoms with van der Waals surface area (Å²) >= 11 is 0. The minimum Gasteiger partial charge on any atom is -0.386 e. The maximum atomic E-state index is 9.79. The van der Waals surface area contributed by atoms with Crippen molar-refractivity contribution in [1.82, 2.24) is 5.32 Å². The predicted octanol–water partition coefficient (Wildman–Crippen LogP) is 0.923. The molecule has 1 fully saturated rings. The van der Waals surface area contributed by atoms with E-state index in [1.807, 2.05) is 6.92 Å². The minimum atomic E-state index is -0.687. The molecule has 0 spiro atoms. The fourth-order valence-electron chi connectivity index (χ4n) is 1.52. The molecule has 0 bridgehead atoms. The number of piperidine rings is 1. The van der Waals surface area contributed by atoms with Crippen LogP contribution in [0, 0.1) is 5.92 Å². The van der Waals surface area contributed by atoms with Crippen molar-refractivity contribution in [3.63, 3.8) is 0 Å². The van der Waals surface area contributed by atoms with E-state index in [0.717, 1.165) is 25.9 Å². The van der Waals surface area contributed by atoms with E-state index in [9.17, 15) is 5.11 Å². The number of rotatable bonds is 2. The molecule has 64 valence electrons. The molecule has 2 N–H and O–H groups in total. The lowest BCUT2D eigenvalue weighted by Gasteiger charge is -2.33. The van der Waals surface area contributed by atoms with Gasteiger partial charge >= 0.3 is 0 Å². The normalized spacial score (nSPS) is 30.9. The molecule has 2 unspecified atom stereocenters. The van der Waals surface area contributed by atoms with Gasteiger partial charge in [0.2, 0.25) is 0 Å². The highest BCUT2D eigenvalue weighted by Gasteiger charge is 2.29. The molecule has 1 rings (SSSR count). The summed E-state index contributed by atoms with van der Waals surface area (Å²) in [6, 6.07) is 0. The lowest BCUT2D eigenvalue weighted by atomic mass is 9.84. The summed E-state index contributed by atoms with van der Waals surface area (Å²) < 4.78 is 0. The molecular weight excluding hydrogens is 138 g/mol. The molecule has 1 heterocycles. The van der Waals surface area contributed by atoms with Gasteiger partial charge in [-0.15, -0.1) is 6.58 Å². The van der Waals surface area contributed by atoms with Crippen molar-refractivity contribution in [2.75, 3.05) is 13.1 Å². The van der Waals surface area contributed by atoms with Gasteiger partial charge < -0.3 is 10.4 Å². The van der Waals surface area contributed by atoms with Crippen LogP contribution in [0.1, 0.15) is 19.8 Å². The SMILES string of the molecule is C=CC(C)(O)C1CCCNC1. The van der Waals surface area contributed by atoms with Crippen LogP contribution in [0.5, 0.6) is 0 Å². The Morgan fingerprint density at radius 2 is 2.45 bits per heavy atom. The van der Waals surface area contributed by atoms with Gasteiger partial charge in [0.25, 0.3) is 0 Å². The second-order valence-corrected chi connectivity index (χ2v) is 3.47. The van der Waals surface area contributed by atoms with E-state index < -0.39 is 5.60 Å². The van der Waals surface area contributed by atoms with Crippen molar-refractivity contribution in [2.24, 2.45) is 5.92 Å². The van der Waals surface area contributed by atoms with E-state index in [1.165, 1.54) is 0 Å². The second kappa shape index (κ2) is 3.37. The summed E-state index contributed by atoms with van der Waals surface area (Å²) in [7, 11) is 0. The van der Waals surface area contributed by atoms with Crippen molar-refractivity contribution in [1.29, 1.82) is 0 Å². The van der Waals surface area contributed by atoms with Crippen molar-refractivity contribution in [3.8, 4) is 0 Å². The van der Waals surface area contributed by atoms with Gasteiger partial charge in [0.05, 0.1) is 5.60 Å². The second-order valence-electron chi connectivity index (χ2n) is 3.47. The zero-order chi connectivity index (χ0) is 8.32. The molecule has 0 radical (unpaired) electrons. The van der Waals surface area contributed by atoms with Crippen molar-refractivity contribution < 1.29 is 5.11 Å². The van der Waals surface area contributed by atoms with Gasteiger partial charge in [-0.25, -0.2) is 0 Å². The highest BCUT2D eigenvalue weighted by atomic mass is 16.3. The predicted molar refractivity (Wildman–Crippen MR) is 46.4 cm³/mol. The monoisotopic (exact) mass is 155 g/mol. The molecule has 0 saturated carbocycles. The Morgan fingerprint density at radius 1 is 1.73 bits per heavy atom. The third-order valence-electron chi connectivity index (χ3n) is 2.54. The average molecular weight is 155 g/mol. The molecule has 0 aromatic heterocycles. The van der Waals surface area contributed by atoms with E-state index in [2.05, 4.69) is 11.9 Å². The van der Waals surface area contributed by atoms with Gasteiger partial charge in [0.1, 0.15) is 0 Å². The van der Waals surface area contributed by atoms with Crippen LogP contribution in [-0.4, -0.2) is 23.8 Å². The Bertz CT molecular complexity index is 136. The first-order valence-electron chi connectivity index (χ1n) is 4.23. The maximum Gasteiger partial charge on any atom is 0.0837 e. The van der Waals surface area contributed by atoms with E-state index in [1.54, 1.807) is 6.08 Å². The molecule has 1 saturated heterocycles. The summed E-state index contributed by atoms with van der Waals surface area (Å²) in [5.74, 6) is 0.341. The molecule has 0 aliphatic carbocycles. The van der Waals surface area contributed by atoms with Crippen LogP contribution in [-0.2, 0) is 0 Å². The Balaban J connectivity index is 2.50. The van der Waals surface area contributed by atoms with Crippen molar-refractivity contribution >= 4 is 0 Å². The quantitative estimate of drug-likeness (QED) is 0.581. The molecule has 1 aliphatic heterocycles. The van der Waals surface area contributed by atoms with Gasteiger partial charge in [0.15, 0.2) is 0 Å². The van der Waals surface area contributed by atoms with Crippen molar-refractivity contribution in [2.45, 2.75) is 25.4 Å². The van der Waals surface area contributed by atoms with Gasteiger partial charge in [-0.05, 0) is 26.3 Å². The van der Waals surface area contributed by atoms with E-state index in [4.69, 9.17) is 0 Å². The van der Waals surface area contributed by atoms with Crippen LogP contribution in [0.25, 0.3) is 0 Å². The van der Waals surface area contributed by atoms with Crippen LogP contribution in [0.4, 0.5) is 0 Å². The van der Waals surface area contributed by atoms with Crippen LogP contribution in [0.3, 0.4) is 0 Å². The molecular formula is C9H17NO. The summed E-state index contributed by atoms with van der Waals surface area (Å²) in [6.45, 7) is 7.46. The zero-order valence-corrected chi connectivity index (χ0v) is 7.14. The third kappa shape index (κ3) is 2.04. The Kier molecular flexibility index (Phi) is 2.68. The Labute approximate surface area is 68.3 Å². The number of hydrogen-bond acceptors (Lipinski definition) is 2. The maximum absolute atomic E-state index is 9.79. The molecule has 0 aromatic carbocycles. The fourth-order valence-corrected chi connectivity index (χ4v) is 1.52. The lowest BCUT2D eigenvalue weighted by Crippen LogP contribution is -2.42. The fraction of sp³-hybridized carbons (Fsp3) is 0.778. The molecule has 11 heavy (non-hydrogen) atoms. The van der Waals surface area contributed by atoms with E-state index >= 15 is 0 Å². The standard InChI is InChI=1S/C9H17NO/c1-3-9(2,11)8-5-4-6-10-7-8/h3,8,10-11H,1,4-7H2,2H3. The Hall–Kier alpha value is -0.340. The van der Waals surface area contributed by atoms with Crippen LogP contribution in [0.15, 0.2) is 12.7 Å². The highest BCUT2D eigenvalue weighted by Crippen LogP contribution is 2.24. The topological polar surface area (TPSA) is 32.3 Å². The molecule has 0 aromatic rings.